The number of hydrogen-bond acceptors (Lipinski definition) is 6. The van der Waals surface area contributed by atoms with E-state index < -0.39 is 15.0 Å². The van der Waals surface area contributed by atoms with E-state index in [2.05, 4.69) is 0 Å². The van der Waals surface area contributed by atoms with Crippen LogP contribution in [-0.4, -0.2) is 59.0 Å². The van der Waals surface area contributed by atoms with E-state index in [4.69, 9.17) is 10.3 Å². The molecule has 0 bridgehead atoms. The maximum Gasteiger partial charge on any atom is 0.270 e. The SMILES string of the molecule is Nc1ccc([N+](=O)[O-])cc1SCCCS(=O)(=O)O.[Na]. The summed E-state index contributed by atoms with van der Waals surface area (Å²) in [6.07, 6.45) is 0.242. The van der Waals surface area contributed by atoms with E-state index in [1.54, 1.807) is 0 Å². The molecule has 3 N–H and O–H groups in total. The fraction of sp³-hybridized carbons (Fsp3) is 0.333. The van der Waals surface area contributed by atoms with Crippen molar-refractivity contribution in [3.63, 3.8) is 0 Å². The topological polar surface area (TPSA) is 124 Å². The second kappa shape index (κ2) is 8.08. The normalized spacial score (nSPS) is 10.8. The van der Waals surface area contributed by atoms with E-state index in [0.29, 0.717) is 16.3 Å². The number of non-ortho nitro benzene ring substituents is 1. The Labute approximate surface area is 137 Å². The molecule has 0 heterocycles. The maximum atomic E-state index is 10.6. The van der Waals surface area contributed by atoms with E-state index in [1.807, 2.05) is 0 Å². The molecule has 0 saturated carbocycles. The van der Waals surface area contributed by atoms with Crippen molar-refractivity contribution in [2.24, 2.45) is 0 Å². The van der Waals surface area contributed by atoms with Crippen molar-refractivity contribution >= 4 is 62.8 Å². The summed E-state index contributed by atoms with van der Waals surface area (Å²) in [6, 6.07) is 4.08. The smallest absolute Gasteiger partial charge is 0.270 e. The first-order chi connectivity index (χ1) is 8.29. The molecule has 0 unspecified atom stereocenters. The van der Waals surface area contributed by atoms with Crippen LogP contribution in [0.1, 0.15) is 6.42 Å². The average Bonchev–Trinajstić information content (AvgIpc) is 2.24. The number of anilines is 1. The number of hydrogen-bond donors (Lipinski definition) is 2. The predicted molar refractivity (Wildman–Crippen MR) is 75.0 cm³/mol. The summed E-state index contributed by atoms with van der Waals surface area (Å²) in [6.45, 7) is 0. The molecule has 0 aromatic heterocycles. The monoisotopic (exact) mass is 315 g/mol. The van der Waals surface area contributed by atoms with Crippen molar-refractivity contribution in [1.29, 1.82) is 0 Å². The van der Waals surface area contributed by atoms with Gasteiger partial charge >= 0.3 is 0 Å². The molecule has 101 valence electrons. The van der Waals surface area contributed by atoms with Gasteiger partial charge in [0.15, 0.2) is 0 Å². The summed E-state index contributed by atoms with van der Waals surface area (Å²) in [5.74, 6) is 0.0555. The third-order valence-corrected chi connectivity index (χ3v) is 3.97. The summed E-state index contributed by atoms with van der Waals surface area (Å²) in [4.78, 5) is 10.6. The number of nitrogens with two attached hydrogens (primary N) is 1. The van der Waals surface area contributed by atoms with Crippen molar-refractivity contribution in [2.45, 2.75) is 11.3 Å². The number of benzene rings is 1. The van der Waals surface area contributed by atoms with E-state index in [0.717, 1.165) is 0 Å². The fourth-order valence-electron chi connectivity index (χ4n) is 1.19. The van der Waals surface area contributed by atoms with Gasteiger partial charge in [0.25, 0.3) is 15.8 Å². The number of nitro groups is 1. The van der Waals surface area contributed by atoms with Gasteiger partial charge in [0.05, 0.1) is 10.7 Å². The molecule has 0 amide bonds. The van der Waals surface area contributed by atoms with Gasteiger partial charge in [-0.1, -0.05) is 0 Å². The molecular weight excluding hydrogens is 303 g/mol. The minimum Gasteiger partial charge on any atom is -0.398 e. The van der Waals surface area contributed by atoms with Crippen LogP contribution in [0.4, 0.5) is 11.4 Å². The van der Waals surface area contributed by atoms with Gasteiger partial charge in [-0.25, -0.2) is 0 Å². The second-order valence-electron chi connectivity index (χ2n) is 3.47. The Balaban J connectivity index is 0.00000324. The Morgan fingerprint density at radius 2 is 2.05 bits per heavy atom. The van der Waals surface area contributed by atoms with E-state index in [9.17, 15) is 18.5 Å². The van der Waals surface area contributed by atoms with Crippen LogP contribution in [0.3, 0.4) is 0 Å². The Morgan fingerprint density at radius 1 is 1.42 bits per heavy atom. The first-order valence-corrected chi connectivity index (χ1v) is 7.51. The van der Waals surface area contributed by atoms with Gasteiger partial charge in [0, 0.05) is 52.3 Å². The molecule has 0 spiro atoms. The van der Waals surface area contributed by atoms with Gasteiger partial charge < -0.3 is 5.73 Å². The molecular formula is C9H12N2NaO5S2. The molecule has 0 aliphatic carbocycles. The minimum atomic E-state index is -3.96. The van der Waals surface area contributed by atoms with Crippen molar-refractivity contribution in [1.82, 2.24) is 0 Å². The number of rotatable bonds is 6. The standard InChI is InChI=1S/C9H12N2O5S2.Na/c10-8-3-2-7(11(12)13)6-9(8)17-4-1-5-18(14,15)16;/h2-3,6H,1,4-5,10H2,(H,14,15,16);. The molecule has 0 saturated heterocycles. The first kappa shape index (κ1) is 18.7. The largest absolute Gasteiger partial charge is 0.398 e. The van der Waals surface area contributed by atoms with Crippen LogP contribution in [0.25, 0.3) is 0 Å². The number of thioether (sulfide) groups is 1. The minimum absolute atomic E-state index is 0. The summed E-state index contributed by atoms with van der Waals surface area (Å²) < 4.78 is 29.5. The maximum absolute atomic E-state index is 10.6. The molecule has 0 aliphatic rings. The van der Waals surface area contributed by atoms with Crippen molar-refractivity contribution < 1.29 is 17.9 Å². The Hall–Kier alpha value is -0.320. The molecule has 19 heavy (non-hydrogen) atoms. The van der Waals surface area contributed by atoms with Crippen molar-refractivity contribution in [2.75, 3.05) is 17.2 Å². The van der Waals surface area contributed by atoms with Crippen LogP contribution in [0.5, 0.6) is 0 Å². The van der Waals surface area contributed by atoms with Crippen molar-refractivity contribution in [3.8, 4) is 0 Å². The Bertz CT molecular complexity index is 550. The van der Waals surface area contributed by atoms with Gasteiger partial charge in [-0.05, 0) is 18.2 Å². The van der Waals surface area contributed by atoms with Crippen molar-refractivity contribution in [3.05, 3.63) is 28.3 Å². The van der Waals surface area contributed by atoms with E-state index in [1.165, 1.54) is 30.0 Å². The third-order valence-electron chi connectivity index (χ3n) is 2.01. The predicted octanol–water partition coefficient (Wildman–Crippen LogP) is 1.17. The quantitative estimate of drug-likeness (QED) is 0.153. The van der Waals surface area contributed by atoms with Crippen LogP contribution in [0.15, 0.2) is 23.1 Å². The second-order valence-corrected chi connectivity index (χ2v) is 6.18. The van der Waals surface area contributed by atoms with E-state index >= 15 is 0 Å². The fourth-order valence-corrected chi connectivity index (χ4v) is 2.82. The van der Waals surface area contributed by atoms with Gasteiger partial charge in [-0.3, -0.25) is 14.7 Å². The summed E-state index contributed by atoms with van der Waals surface area (Å²) in [5, 5.41) is 10.6. The number of nitro benzene ring substituents is 1. The van der Waals surface area contributed by atoms with Gasteiger partial charge in [0.2, 0.25) is 0 Å². The van der Waals surface area contributed by atoms with Gasteiger partial charge in [-0.15, -0.1) is 11.8 Å². The van der Waals surface area contributed by atoms with Crippen LogP contribution in [-0.2, 0) is 10.1 Å². The Morgan fingerprint density at radius 3 is 2.58 bits per heavy atom. The summed E-state index contributed by atoms with van der Waals surface area (Å²) >= 11 is 1.21. The zero-order chi connectivity index (χ0) is 13.8. The molecule has 0 aliphatic heterocycles. The summed E-state index contributed by atoms with van der Waals surface area (Å²) in [7, 11) is -3.96. The molecule has 1 rings (SSSR count). The summed E-state index contributed by atoms with van der Waals surface area (Å²) in [5.41, 5.74) is 5.98. The van der Waals surface area contributed by atoms with E-state index in [-0.39, 0.29) is 47.4 Å². The zero-order valence-corrected chi connectivity index (χ0v) is 13.9. The van der Waals surface area contributed by atoms with Crippen LogP contribution in [0.2, 0.25) is 0 Å². The van der Waals surface area contributed by atoms with Crippen LogP contribution in [0, 0.1) is 10.1 Å². The first-order valence-electron chi connectivity index (χ1n) is 4.91. The molecule has 0 fully saturated rings. The molecule has 10 heteroatoms. The van der Waals surface area contributed by atoms with Gasteiger partial charge in [0.1, 0.15) is 0 Å². The molecule has 1 aromatic rings. The molecule has 7 nitrogen and oxygen atoms in total. The number of nitrogens with zero attached hydrogens (tertiary/aromatic N) is 1. The molecule has 1 aromatic carbocycles. The third kappa shape index (κ3) is 7.14. The average molecular weight is 315 g/mol. The number of nitrogen functional groups attached to an aromatic ring is 1. The Kier molecular flexibility index (Phi) is 7.94. The van der Waals surface area contributed by atoms with Crippen LogP contribution >= 0.6 is 11.8 Å². The van der Waals surface area contributed by atoms with Gasteiger partial charge in [-0.2, -0.15) is 8.42 Å². The molecule has 1 radical (unpaired) electrons. The zero-order valence-electron chi connectivity index (χ0n) is 10.3. The molecule has 0 atom stereocenters. The van der Waals surface area contributed by atoms with Crippen LogP contribution < -0.4 is 5.73 Å².